The lowest BCUT2D eigenvalue weighted by Gasteiger charge is -2.13. The molecule has 0 bridgehead atoms. The van der Waals surface area contributed by atoms with Crippen molar-refractivity contribution in [1.29, 1.82) is 0 Å². The number of benzene rings is 2. The lowest BCUT2D eigenvalue weighted by atomic mass is 10.2. The van der Waals surface area contributed by atoms with Crippen LogP contribution in [0, 0.1) is 0 Å². The second-order valence-electron chi connectivity index (χ2n) is 5.53. The number of carbonyl (C=O) groups is 2. The smallest absolute Gasteiger partial charge is 0.246 e. The highest BCUT2D eigenvalue weighted by Gasteiger charge is 2.15. The van der Waals surface area contributed by atoms with Crippen LogP contribution in [0.4, 0.5) is 5.69 Å². The van der Waals surface area contributed by atoms with Gasteiger partial charge in [-0.1, -0.05) is 30.3 Å². The molecule has 0 aliphatic carbocycles. The third kappa shape index (κ3) is 5.83. The Labute approximate surface area is 152 Å². The largest absolute Gasteiger partial charge is 0.341 e. The van der Waals surface area contributed by atoms with Gasteiger partial charge in [-0.05, 0) is 42.8 Å². The molecule has 0 saturated carbocycles. The maximum atomic E-state index is 12.1. The summed E-state index contributed by atoms with van der Waals surface area (Å²) in [4.78, 5) is 23.9. The first-order valence-electron chi connectivity index (χ1n) is 7.73. The molecule has 136 valence electrons. The van der Waals surface area contributed by atoms with Gasteiger partial charge < -0.3 is 10.6 Å². The summed E-state index contributed by atoms with van der Waals surface area (Å²) in [6.45, 7) is 1.54. The molecular weight excluding hydrogens is 354 g/mol. The normalized spacial score (nSPS) is 12.5. The Morgan fingerprint density at radius 2 is 1.65 bits per heavy atom. The average molecular weight is 373 g/mol. The van der Waals surface area contributed by atoms with Crippen molar-refractivity contribution in [3.63, 3.8) is 0 Å². The predicted octanol–water partition coefficient (Wildman–Crippen LogP) is 1.49. The minimum absolute atomic E-state index is 0.0529. The number of sulfonamides is 1. The van der Waals surface area contributed by atoms with E-state index in [2.05, 4.69) is 10.6 Å². The molecule has 0 fully saturated rings. The molecule has 2 aromatic rings. The summed E-state index contributed by atoms with van der Waals surface area (Å²) < 4.78 is 22.4. The van der Waals surface area contributed by atoms with Gasteiger partial charge in [0.1, 0.15) is 6.04 Å². The first-order valence-corrected chi connectivity index (χ1v) is 9.28. The summed E-state index contributed by atoms with van der Waals surface area (Å²) in [5.74, 6) is -0.837. The van der Waals surface area contributed by atoms with Gasteiger partial charge >= 0.3 is 0 Å². The number of primary sulfonamides is 1. The van der Waals surface area contributed by atoms with Gasteiger partial charge in [0.15, 0.2) is 0 Å². The summed E-state index contributed by atoms with van der Waals surface area (Å²) in [5.41, 5.74) is 1.26. The van der Waals surface area contributed by atoms with Gasteiger partial charge in [0.25, 0.3) is 0 Å². The fourth-order valence-corrected chi connectivity index (χ4v) is 2.56. The standard InChI is InChI=1S/C18H19N3O4S/c1-13(20-17(22)12-7-14-5-3-2-4-6-14)18(23)21-15-8-10-16(11-9-15)26(19,24)25/h2-13H,1H3,(H,20,22)(H,21,23)(H2,19,24,25)/b12-7+/t13-/m0/s1. The van der Waals surface area contributed by atoms with Crippen LogP contribution in [0.15, 0.2) is 65.6 Å². The molecule has 8 heteroatoms. The summed E-state index contributed by atoms with van der Waals surface area (Å²) >= 11 is 0. The molecular formula is C18H19N3O4S. The number of hydrogen-bond donors (Lipinski definition) is 3. The molecule has 2 amide bonds. The molecule has 7 nitrogen and oxygen atoms in total. The highest BCUT2D eigenvalue weighted by atomic mass is 32.2. The minimum atomic E-state index is -3.79. The van der Waals surface area contributed by atoms with Gasteiger partial charge in [0, 0.05) is 11.8 Å². The van der Waals surface area contributed by atoms with Crippen molar-refractivity contribution >= 4 is 33.6 Å². The number of hydrogen-bond acceptors (Lipinski definition) is 4. The highest BCUT2D eigenvalue weighted by Crippen LogP contribution is 2.13. The van der Waals surface area contributed by atoms with Crippen LogP contribution in [0.25, 0.3) is 6.08 Å². The van der Waals surface area contributed by atoms with Crippen molar-refractivity contribution in [1.82, 2.24) is 5.32 Å². The van der Waals surface area contributed by atoms with Gasteiger partial charge in [0.05, 0.1) is 4.90 Å². The van der Waals surface area contributed by atoms with Crippen molar-refractivity contribution < 1.29 is 18.0 Å². The van der Waals surface area contributed by atoms with Gasteiger partial charge in [-0.2, -0.15) is 0 Å². The summed E-state index contributed by atoms with van der Waals surface area (Å²) in [5, 5.41) is 10.2. The van der Waals surface area contributed by atoms with E-state index < -0.39 is 27.9 Å². The Kier molecular flexibility index (Phi) is 6.26. The Hall–Kier alpha value is -2.97. The fraction of sp³-hybridized carbons (Fsp3) is 0.111. The molecule has 0 radical (unpaired) electrons. The summed E-state index contributed by atoms with van der Waals surface area (Å²) in [6.07, 6.45) is 2.99. The van der Waals surface area contributed by atoms with Gasteiger partial charge in [-0.3, -0.25) is 9.59 Å². The SMILES string of the molecule is C[C@H](NC(=O)/C=C/c1ccccc1)C(=O)Nc1ccc(S(N)(=O)=O)cc1. The monoisotopic (exact) mass is 373 g/mol. The second-order valence-corrected chi connectivity index (χ2v) is 7.09. The molecule has 0 unspecified atom stereocenters. The molecule has 0 spiro atoms. The van der Waals surface area contributed by atoms with Crippen molar-refractivity contribution in [3.8, 4) is 0 Å². The molecule has 0 saturated heterocycles. The number of anilines is 1. The van der Waals surface area contributed by atoms with E-state index >= 15 is 0 Å². The zero-order chi connectivity index (χ0) is 19.2. The van der Waals surface area contributed by atoms with Crippen molar-refractivity contribution in [3.05, 3.63) is 66.2 Å². The summed E-state index contributed by atoms with van der Waals surface area (Å²) in [6, 6.07) is 13.9. The topological polar surface area (TPSA) is 118 Å². The summed E-state index contributed by atoms with van der Waals surface area (Å²) in [7, 11) is -3.79. The van der Waals surface area contributed by atoms with E-state index in [1.165, 1.54) is 30.3 Å². The predicted molar refractivity (Wildman–Crippen MR) is 99.5 cm³/mol. The van der Waals surface area contributed by atoms with E-state index in [9.17, 15) is 18.0 Å². The van der Waals surface area contributed by atoms with E-state index in [-0.39, 0.29) is 4.90 Å². The number of carbonyl (C=O) groups excluding carboxylic acids is 2. The van der Waals surface area contributed by atoms with Crippen molar-refractivity contribution in [2.75, 3.05) is 5.32 Å². The molecule has 2 rings (SSSR count). The zero-order valence-electron chi connectivity index (χ0n) is 14.0. The molecule has 4 N–H and O–H groups in total. The molecule has 0 aromatic heterocycles. The van der Waals surface area contributed by atoms with Crippen molar-refractivity contribution in [2.24, 2.45) is 5.14 Å². The van der Waals surface area contributed by atoms with Gasteiger partial charge in [0.2, 0.25) is 21.8 Å². The molecule has 0 aliphatic rings. The third-order valence-corrected chi connectivity index (χ3v) is 4.36. The number of amides is 2. The van der Waals surface area contributed by atoms with Crippen molar-refractivity contribution in [2.45, 2.75) is 17.9 Å². The molecule has 0 aliphatic heterocycles. The van der Waals surface area contributed by atoms with E-state index in [4.69, 9.17) is 5.14 Å². The Morgan fingerprint density at radius 3 is 2.23 bits per heavy atom. The Bertz CT molecular complexity index is 907. The maximum Gasteiger partial charge on any atom is 0.246 e. The lowest BCUT2D eigenvalue weighted by molar-refractivity contribution is -0.123. The quantitative estimate of drug-likeness (QED) is 0.665. The molecule has 2 aromatic carbocycles. The van der Waals surface area contributed by atoms with Gasteiger partial charge in [-0.25, -0.2) is 13.6 Å². The molecule has 1 atom stereocenters. The number of nitrogens with two attached hydrogens (primary N) is 1. The van der Waals surface area contributed by atoms with E-state index in [1.54, 1.807) is 13.0 Å². The van der Waals surface area contributed by atoms with Crippen LogP contribution in [-0.2, 0) is 19.6 Å². The Balaban J connectivity index is 1.91. The van der Waals surface area contributed by atoms with Crippen LogP contribution >= 0.6 is 0 Å². The Morgan fingerprint density at radius 1 is 1.04 bits per heavy atom. The van der Waals surface area contributed by atoms with Crippen LogP contribution < -0.4 is 15.8 Å². The lowest BCUT2D eigenvalue weighted by Crippen LogP contribution is -2.40. The first-order chi connectivity index (χ1) is 12.3. The van der Waals surface area contributed by atoms with Crippen LogP contribution in [0.2, 0.25) is 0 Å². The van der Waals surface area contributed by atoms with E-state index in [0.717, 1.165) is 5.56 Å². The number of nitrogens with one attached hydrogen (secondary N) is 2. The van der Waals surface area contributed by atoms with E-state index in [1.807, 2.05) is 30.3 Å². The van der Waals surface area contributed by atoms with Gasteiger partial charge in [-0.15, -0.1) is 0 Å². The first kappa shape index (κ1) is 19.4. The maximum absolute atomic E-state index is 12.1. The highest BCUT2D eigenvalue weighted by molar-refractivity contribution is 7.89. The molecule has 0 heterocycles. The fourth-order valence-electron chi connectivity index (χ4n) is 2.04. The average Bonchev–Trinajstić information content (AvgIpc) is 2.60. The van der Waals surface area contributed by atoms with E-state index in [0.29, 0.717) is 5.69 Å². The minimum Gasteiger partial charge on any atom is -0.341 e. The van der Waals surface area contributed by atoms with Crippen LogP contribution in [0.1, 0.15) is 12.5 Å². The number of rotatable bonds is 6. The van der Waals surface area contributed by atoms with Crippen LogP contribution in [-0.4, -0.2) is 26.3 Å². The van der Waals surface area contributed by atoms with Crippen LogP contribution in [0.5, 0.6) is 0 Å². The molecule has 26 heavy (non-hydrogen) atoms. The second kappa shape index (κ2) is 8.41. The van der Waals surface area contributed by atoms with Crippen LogP contribution in [0.3, 0.4) is 0 Å². The zero-order valence-corrected chi connectivity index (χ0v) is 14.9. The third-order valence-electron chi connectivity index (χ3n) is 3.43.